The maximum absolute atomic E-state index is 5.75. The van der Waals surface area contributed by atoms with Crippen molar-refractivity contribution in [1.29, 1.82) is 0 Å². The summed E-state index contributed by atoms with van der Waals surface area (Å²) in [5.74, 6) is 2.20. The van der Waals surface area contributed by atoms with Crippen LogP contribution in [0.25, 0.3) is 0 Å². The van der Waals surface area contributed by atoms with Crippen molar-refractivity contribution in [2.45, 2.75) is 6.42 Å². The monoisotopic (exact) mass is 290 g/mol. The quantitative estimate of drug-likeness (QED) is 0.822. The molecule has 0 atom stereocenters. The Morgan fingerprint density at radius 1 is 1.24 bits per heavy atom. The molecule has 0 spiro atoms. The molecule has 112 valence electrons. The van der Waals surface area contributed by atoms with Crippen LogP contribution in [0.3, 0.4) is 0 Å². The molecule has 1 saturated heterocycles. The molecule has 0 radical (unpaired) electrons. The average molecular weight is 290 g/mol. The minimum absolute atomic E-state index is 0.215. The van der Waals surface area contributed by atoms with Crippen molar-refractivity contribution in [3.8, 4) is 0 Å². The number of nitrogens with one attached hydrogen (secondary N) is 1. The summed E-state index contributed by atoms with van der Waals surface area (Å²) in [6.45, 7) is 3.53. The summed E-state index contributed by atoms with van der Waals surface area (Å²) in [6.07, 6.45) is 2.41. The van der Waals surface area contributed by atoms with Crippen molar-refractivity contribution in [3.63, 3.8) is 0 Å². The predicted octanol–water partition coefficient (Wildman–Crippen LogP) is 0.538. The van der Waals surface area contributed by atoms with Gasteiger partial charge in [0.2, 0.25) is 17.8 Å². The second kappa shape index (κ2) is 6.40. The van der Waals surface area contributed by atoms with Gasteiger partial charge in [0.05, 0.1) is 19.5 Å². The SMILES string of the molecule is Nc1nc(NCCc2ccco2)nc(N2CCOCC2)n1. The van der Waals surface area contributed by atoms with E-state index in [2.05, 4.69) is 20.3 Å². The Kier molecular flexibility index (Phi) is 4.15. The summed E-state index contributed by atoms with van der Waals surface area (Å²) in [7, 11) is 0. The molecule has 3 N–H and O–H groups in total. The lowest BCUT2D eigenvalue weighted by molar-refractivity contribution is 0.122. The lowest BCUT2D eigenvalue weighted by Gasteiger charge is -2.26. The zero-order chi connectivity index (χ0) is 14.5. The smallest absolute Gasteiger partial charge is 0.232 e. The summed E-state index contributed by atoms with van der Waals surface area (Å²) >= 11 is 0. The van der Waals surface area contributed by atoms with Gasteiger partial charge in [0.1, 0.15) is 5.76 Å². The first-order chi connectivity index (χ1) is 10.3. The van der Waals surface area contributed by atoms with E-state index in [-0.39, 0.29) is 5.95 Å². The summed E-state index contributed by atoms with van der Waals surface area (Å²) in [6, 6.07) is 3.80. The highest BCUT2D eigenvalue weighted by molar-refractivity contribution is 5.42. The molecular formula is C13H18N6O2. The average Bonchev–Trinajstić information content (AvgIpc) is 3.01. The van der Waals surface area contributed by atoms with Crippen LogP contribution in [0, 0.1) is 0 Å². The second-order valence-corrected chi connectivity index (χ2v) is 4.67. The summed E-state index contributed by atoms with van der Waals surface area (Å²) < 4.78 is 10.6. The van der Waals surface area contributed by atoms with Crippen LogP contribution in [-0.4, -0.2) is 47.8 Å². The molecule has 0 bridgehead atoms. The van der Waals surface area contributed by atoms with Crippen LogP contribution in [0.15, 0.2) is 22.8 Å². The van der Waals surface area contributed by atoms with Crippen molar-refractivity contribution in [3.05, 3.63) is 24.2 Å². The maximum Gasteiger partial charge on any atom is 0.232 e. The Morgan fingerprint density at radius 2 is 2.10 bits per heavy atom. The Bertz CT molecular complexity index is 568. The largest absolute Gasteiger partial charge is 0.469 e. The van der Waals surface area contributed by atoms with E-state index in [1.807, 2.05) is 17.0 Å². The number of hydrogen-bond acceptors (Lipinski definition) is 8. The highest BCUT2D eigenvalue weighted by Crippen LogP contribution is 2.13. The summed E-state index contributed by atoms with van der Waals surface area (Å²) in [4.78, 5) is 14.7. The predicted molar refractivity (Wildman–Crippen MR) is 78.2 cm³/mol. The van der Waals surface area contributed by atoms with Crippen LogP contribution < -0.4 is 16.0 Å². The van der Waals surface area contributed by atoms with Gasteiger partial charge in [-0.3, -0.25) is 0 Å². The molecule has 3 rings (SSSR count). The first-order valence-electron chi connectivity index (χ1n) is 6.92. The van der Waals surface area contributed by atoms with Gasteiger partial charge in [-0.1, -0.05) is 0 Å². The van der Waals surface area contributed by atoms with Crippen molar-refractivity contribution >= 4 is 17.8 Å². The van der Waals surface area contributed by atoms with Gasteiger partial charge >= 0.3 is 0 Å². The van der Waals surface area contributed by atoms with E-state index >= 15 is 0 Å². The molecule has 2 aromatic heterocycles. The molecule has 0 amide bonds. The minimum atomic E-state index is 0.215. The number of hydrogen-bond donors (Lipinski definition) is 2. The normalized spacial score (nSPS) is 15.1. The van der Waals surface area contributed by atoms with Gasteiger partial charge in [0.15, 0.2) is 0 Å². The highest BCUT2D eigenvalue weighted by Gasteiger charge is 2.15. The van der Waals surface area contributed by atoms with Crippen molar-refractivity contribution in [1.82, 2.24) is 15.0 Å². The molecule has 0 aromatic carbocycles. The topological polar surface area (TPSA) is 102 Å². The number of furan rings is 1. The third-order valence-corrected chi connectivity index (χ3v) is 3.17. The fraction of sp³-hybridized carbons (Fsp3) is 0.462. The van der Waals surface area contributed by atoms with E-state index in [0.29, 0.717) is 31.7 Å². The van der Waals surface area contributed by atoms with Crippen LogP contribution in [0.2, 0.25) is 0 Å². The van der Waals surface area contributed by atoms with E-state index in [4.69, 9.17) is 14.9 Å². The van der Waals surface area contributed by atoms with Crippen molar-refractivity contribution in [2.24, 2.45) is 0 Å². The van der Waals surface area contributed by atoms with Gasteiger partial charge in [0, 0.05) is 26.1 Å². The fourth-order valence-electron chi connectivity index (χ4n) is 2.12. The molecule has 1 fully saturated rings. The first kappa shape index (κ1) is 13.6. The molecular weight excluding hydrogens is 272 g/mol. The Morgan fingerprint density at radius 3 is 2.86 bits per heavy atom. The molecule has 21 heavy (non-hydrogen) atoms. The van der Waals surface area contributed by atoms with Gasteiger partial charge in [-0.2, -0.15) is 15.0 Å². The molecule has 3 heterocycles. The number of anilines is 3. The second-order valence-electron chi connectivity index (χ2n) is 4.67. The van der Waals surface area contributed by atoms with E-state index in [1.54, 1.807) is 6.26 Å². The van der Waals surface area contributed by atoms with Gasteiger partial charge in [-0.25, -0.2) is 0 Å². The summed E-state index contributed by atoms with van der Waals surface area (Å²) in [5.41, 5.74) is 5.75. The van der Waals surface area contributed by atoms with Gasteiger partial charge in [-0.15, -0.1) is 0 Å². The lowest BCUT2D eigenvalue weighted by Crippen LogP contribution is -2.37. The zero-order valence-electron chi connectivity index (χ0n) is 11.7. The van der Waals surface area contributed by atoms with Gasteiger partial charge in [-0.05, 0) is 12.1 Å². The number of nitrogens with zero attached hydrogens (tertiary/aromatic N) is 4. The number of ether oxygens (including phenoxy) is 1. The summed E-state index contributed by atoms with van der Waals surface area (Å²) in [5, 5.41) is 3.14. The van der Waals surface area contributed by atoms with Crippen LogP contribution in [0.5, 0.6) is 0 Å². The van der Waals surface area contributed by atoms with Gasteiger partial charge in [0.25, 0.3) is 0 Å². The Hall–Kier alpha value is -2.35. The number of rotatable bonds is 5. The molecule has 0 unspecified atom stereocenters. The van der Waals surface area contributed by atoms with Crippen molar-refractivity contribution in [2.75, 3.05) is 48.8 Å². The Labute approximate surface area is 122 Å². The molecule has 2 aromatic rings. The number of morpholine rings is 1. The molecule has 0 saturated carbocycles. The van der Waals surface area contributed by atoms with E-state index in [9.17, 15) is 0 Å². The maximum atomic E-state index is 5.75. The zero-order valence-corrected chi connectivity index (χ0v) is 11.7. The highest BCUT2D eigenvalue weighted by atomic mass is 16.5. The van der Waals surface area contributed by atoms with E-state index in [0.717, 1.165) is 25.3 Å². The van der Waals surface area contributed by atoms with Crippen LogP contribution >= 0.6 is 0 Å². The van der Waals surface area contributed by atoms with Gasteiger partial charge < -0.3 is 25.1 Å². The third kappa shape index (κ3) is 3.60. The third-order valence-electron chi connectivity index (χ3n) is 3.17. The molecule has 1 aliphatic rings. The molecule has 8 heteroatoms. The van der Waals surface area contributed by atoms with Crippen LogP contribution in [-0.2, 0) is 11.2 Å². The fourth-order valence-corrected chi connectivity index (χ4v) is 2.12. The first-order valence-corrected chi connectivity index (χ1v) is 6.92. The number of aromatic nitrogens is 3. The molecule has 8 nitrogen and oxygen atoms in total. The minimum Gasteiger partial charge on any atom is -0.469 e. The van der Waals surface area contributed by atoms with Crippen LogP contribution in [0.1, 0.15) is 5.76 Å². The van der Waals surface area contributed by atoms with Crippen LogP contribution in [0.4, 0.5) is 17.8 Å². The number of nitrogens with two attached hydrogens (primary N) is 1. The van der Waals surface area contributed by atoms with E-state index in [1.165, 1.54) is 0 Å². The standard InChI is InChI=1S/C13H18N6O2/c14-11-16-12(15-4-3-10-2-1-7-21-10)18-13(17-11)19-5-8-20-9-6-19/h1-2,7H,3-6,8-9H2,(H3,14,15,16,17,18). The van der Waals surface area contributed by atoms with Crippen molar-refractivity contribution < 1.29 is 9.15 Å². The van der Waals surface area contributed by atoms with E-state index < -0.39 is 0 Å². The molecule has 1 aliphatic heterocycles. The molecule has 0 aliphatic carbocycles. The lowest BCUT2D eigenvalue weighted by atomic mass is 10.3. The number of nitrogen functional groups attached to an aromatic ring is 1. The Balaban J connectivity index is 1.63.